The summed E-state index contributed by atoms with van der Waals surface area (Å²) in [6.07, 6.45) is 0.694. The first kappa shape index (κ1) is 15.4. The van der Waals surface area contributed by atoms with Crippen LogP contribution >= 0.6 is 15.9 Å². The lowest BCUT2D eigenvalue weighted by molar-refractivity contribution is 0.0686. The van der Waals surface area contributed by atoms with Crippen molar-refractivity contribution in [3.05, 3.63) is 27.9 Å². The van der Waals surface area contributed by atoms with Gasteiger partial charge in [0.25, 0.3) is 0 Å². The van der Waals surface area contributed by atoms with E-state index in [1.54, 1.807) is 13.2 Å². The molecule has 2 rings (SSSR count). The van der Waals surface area contributed by atoms with Gasteiger partial charge in [-0.15, -0.1) is 0 Å². The Bertz CT molecular complexity index is 680. The molecule has 0 saturated heterocycles. The number of nitrogens with zero attached hydrogens (tertiary/aromatic N) is 1. The summed E-state index contributed by atoms with van der Waals surface area (Å²) in [5.74, 6) is 0.328. The van der Waals surface area contributed by atoms with Crippen molar-refractivity contribution in [3.8, 4) is 22.8 Å². The second-order valence-corrected chi connectivity index (χ2v) is 4.98. The first-order valence-corrected chi connectivity index (χ1v) is 6.96. The Morgan fingerprint density at radius 2 is 2.10 bits per heavy atom. The van der Waals surface area contributed by atoms with Gasteiger partial charge in [0.05, 0.1) is 18.7 Å². The fraction of sp³-hybridized carbons (Fsp3) is 0.286. The van der Waals surface area contributed by atoms with Gasteiger partial charge in [-0.3, -0.25) is 0 Å². The van der Waals surface area contributed by atoms with Crippen LogP contribution in [-0.2, 0) is 6.42 Å². The monoisotopic (exact) mass is 355 g/mol. The predicted octanol–water partition coefficient (Wildman–Crippen LogP) is 3.38. The third-order valence-electron chi connectivity index (χ3n) is 3.06. The van der Waals surface area contributed by atoms with E-state index in [1.807, 2.05) is 6.92 Å². The largest absolute Gasteiger partial charge is 0.493 e. The molecule has 6 nitrogen and oxygen atoms in total. The molecule has 0 aliphatic heterocycles. The second kappa shape index (κ2) is 6.17. The maximum Gasteiger partial charge on any atom is 0.358 e. The van der Waals surface area contributed by atoms with Gasteiger partial charge in [0.2, 0.25) is 0 Å². The van der Waals surface area contributed by atoms with Gasteiger partial charge in [-0.05, 0) is 34.0 Å². The Morgan fingerprint density at radius 3 is 2.57 bits per heavy atom. The molecular weight excluding hydrogens is 342 g/mol. The quantitative estimate of drug-likeness (QED) is 0.885. The lowest BCUT2D eigenvalue weighted by atomic mass is 10.0. The van der Waals surface area contributed by atoms with Gasteiger partial charge in [-0.1, -0.05) is 12.1 Å². The number of hydrogen-bond acceptors (Lipinski definition) is 5. The molecule has 0 radical (unpaired) electrons. The van der Waals surface area contributed by atoms with Gasteiger partial charge < -0.3 is 19.1 Å². The van der Waals surface area contributed by atoms with E-state index in [1.165, 1.54) is 13.2 Å². The van der Waals surface area contributed by atoms with Crippen LogP contribution in [-0.4, -0.2) is 30.5 Å². The smallest absolute Gasteiger partial charge is 0.358 e. The normalized spacial score (nSPS) is 10.5. The first-order valence-electron chi connectivity index (χ1n) is 6.17. The molecule has 1 N–H and O–H groups in total. The van der Waals surface area contributed by atoms with E-state index in [4.69, 9.17) is 19.1 Å². The highest BCUT2D eigenvalue weighted by molar-refractivity contribution is 9.10. The van der Waals surface area contributed by atoms with Gasteiger partial charge in [-0.25, -0.2) is 4.79 Å². The van der Waals surface area contributed by atoms with Crippen molar-refractivity contribution >= 4 is 21.9 Å². The van der Waals surface area contributed by atoms with E-state index >= 15 is 0 Å². The van der Waals surface area contributed by atoms with Crippen LogP contribution in [0.15, 0.2) is 21.1 Å². The third kappa shape index (κ3) is 2.73. The molecule has 0 aliphatic carbocycles. The van der Waals surface area contributed by atoms with Crippen LogP contribution < -0.4 is 9.47 Å². The van der Waals surface area contributed by atoms with E-state index in [-0.39, 0.29) is 5.69 Å². The summed E-state index contributed by atoms with van der Waals surface area (Å²) in [7, 11) is 3.08. The number of carboxylic acid groups (broad SMARTS) is 1. The second-order valence-electron chi connectivity index (χ2n) is 4.19. The van der Waals surface area contributed by atoms with Crippen LogP contribution in [0.1, 0.15) is 23.0 Å². The molecule has 21 heavy (non-hydrogen) atoms. The summed E-state index contributed by atoms with van der Waals surface area (Å²) in [6.45, 7) is 1.98. The Balaban J connectivity index is 2.66. The number of rotatable bonds is 5. The minimum atomic E-state index is -1.14. The number of ether oxygens (including phenoxy) is 2. The summed E-state index contributed by atoms with van der Waals surface area (Å²) in [4.78, 5) is 10.9. The summed E-state index contributed by atoms with van der Waals surface area (Å²) in [5.41, 5.74) is 1.49. The van der Waals surface area contributed by atoms with Crippen LogP contribution in [0.4, 0.5) is 0 Å². The van der Waals surface area contributed by atoms with Crippen LogP contribution in [0, 0.1) is 0 Å². The Morgan fingerprint density at radius 1 is 1.38 bits per heavy atom. The molecule has 0 atom stereocenters. The first-order chi connectivity index (χ1) is 10.0. The highest BCUT2D eigenvalue weighted by atomic mass is 79.9. The molecule has 0 unspecified atom stereocenters. The Hall–Kier alpha value is -2.02. The zero-order valence-electron chi connectivity index (χ0n) is 11.8. The van der Waals surface area contributed by atoms with Crippen LogP contribution in [0.25, 0.3) is 11.3 Å². The molecular formula is C14H14BrNO5. The molecule has 7 heteroatoms. The van der Waals surface area contributed by atoms with Gasteiger partial charge in [0.15, 0.2) is 23.0 Å². The lowest BCUT2D eigenvalue weighted by Crippen LogP contribution is -1.97. The van der Waals surface area contributed by atoms with Crippen molar-refractivity contribution in [1.29, 1.82) is 0 Å². The predicted molar refractivity (Wildman–Crippen MR) is 79.1 cm³/mol. The molecule has 2 aromatic rings. The van der Waals surface area contributed by atoms with Crippen molar-refractivity contribution in [3.63, 3.8) is 0 Å². The van der Waals surface area contributed by atoms with Crippen molar-refractivity contribution in [2.24, 2.45) is 0 Å². The summed E-state index contributed by atoms with van der Waals surface area (Å²) < 4.78 is 16.5. The average molecular weight is 356 g/mol. The molecule has 0 fully saturated rings. The van der Waals surface area contributed by atoms with Gasteiger partial charge in [-0.2, -0.15) is 0 Å². The lowest BCUT2D eigenvalue weighted by Gasteiger charge is -2.15. The van der Waals surface area contributed by atoms with Crippen LogP contribution in [0.5, 0.6) is 11.5 Å². The summed E-state index contributed by atoms with van der Waals surface area (Å²) in [5, 5.41) is 12.5. The van der Waals surface area contributed by atoms with Crippen LogP contribution in [0.2, 0.25) is 0 Å². The molecule has 1 heterocycles. The molecule has 0 bridgehead atoms. The number of carbonyl (C=O) groups is 1. The number of aromatic nitrogens is 1. The van der Waals surface area contributed by atoms with E-state index in [9.17, 15) is 4.79 Å². The SMILES string of the molecule is CCc1c(-c2cc(C(=O)O)no2)cc(OC)c(OC)c1Br. The maximum absolute atomic E-state index is 10.9. The topological polar surface area (TPSA) is 81.8 Å². The fourth-order valence-electron chi connectivity index (χ4n) is 2.06. The van der Waals surface area contributed by atoms with E-state index in [0.29, 0.717) is 29.2 Å². The zero-order chi connectivity index (χ0) is 15.6. The molecule has 1 aromatic carbocycles. The molecule has 1 aromatic heterocycles. The van der Waals surface area contributed by atoms with Crippen molar-refractivity contribution in [2.75, 3.05) is 14.2 Å². The van der Waals surface area contributed by atoms with Gasteiger partial charge in [0.1, 0.15) is 0 Å². The highest BCUT2D eigenvalue weighted by Crippen LogP contribution is 2.43. The summed E-state index contributed by atoms with van der Waals surface area (Å²) >= 11 is 3.49. The average Bonchev–Trinajstić information content (AvgIpc) is 2.96. The van der Waals surface area contributed by atoms with Crippen molar-refractivity contribution < 1.29 is 23.9 Å². The molecule has 0 saturated carbocycles. The number of benzene rings is 1. The minimum Gasteiger partial charge on any atom is -0.493 e. The van der Waals surface area contributed by atoms with Crippen LogP contribution in [0.3, 0.4) is 0 Å². The van der Waals surface area contributed by atoms with Gasteiger partial charge >= 0.3 is 5.97 Å². The van der Waals surface area contributed by atoms with Crippen molar-refractivity contribution in [1.82, 2.24) is 5.16 Å². The molecule has 0 aliphatic rings. The number of carboxylic acids is 1. The highest BCUT2D eigenvalue weighted by Gasteiger charge is 2.21. The molecule has 0 spiro atoms. The standard InChI is InChI=1S/C14H14BrNO5/c1-4-7-8(10-6-9(14(17)18)16-21-10)5-11(19-2)13(20-3)12(7)15/h5-6H,4H2,1-3H3,(H,17,18). The maximum atomic E-state index is 10.9. The molecule has 112 valence electrons. The Labute approximate surface area is 129 Å². The number of hydrogen-bond donors (Lipinski definition) is 1. The minimum absolute atomic E-state index is 0.141. The van der Waals surface area contributed by atoms with E-state index < -0.39 is 5.97 Å². The number of methoxy groups -OCH3 is 2. The third-order valence-corrected chi connectivity index (χ3v) is 3.90. The number of aromatic carboxylic acids is 1. The van der Waals surface area contributed by atoms with Gasteiger partial charge in [0, 0.05) is 11.6 Å². The Kier molecular flexibility index (Phi) is 4.52. The van der Waals surface area contributed by atoms with Crippen molar-refractivity contribution in [2.45, 2.75) is 13.3 Å². The zero-order valence-corrected chi connectivity index (χ0v) is 13.4. The van der Waals surface area contributed by atoms with E-state index in [2.05, 4.69) is 21.1 Å². The fourth-order valence-corrected chi connectivity index (χ4v) is 2.91. The molecule has 0 amide bonds. The van der Waals surface area contributed by atoms with E-state index in [0.717, 1.165) is 10.0 Å². The summed E-state index contributed by atoms with van der Waals surface area (Å²) in [6, 6.07) is 3.13. The number of halogens is 1.